The zero-order valence-electron chi connectivity index (χ0n) is 9.79. The average Bonchev–Trinajstić information content (AvgIpc) is 2.28. The van der Waals surface area contributed by atoms with Crippen molar-refractivity contribution in [2.45, 2.75) is 36.3 Å². The van der Waals surface area contributed by atoms with E-state index in [2.05, 4.69) is 50.2 Å². The molecule has 0 saturated carbocycles. The van der Waals surface area contributed by atoms with Gasteiger partial charge >= 0.3 is 0 Å². The summed E-state index contributed by atoms with van der Waals surface area (Å²) in [5, 5.41) is 2.80. The zero-order chi connectivity index (χ0) is 11.2. The van der Waals surface area contributed by atoms with Crippen LogP contribution in [-0.2, 0) is 6.42 Å². The summed E-state index contributed by atoms with van der Waals surface area (Å²) < 4.78 is 0.386. The molecule has 0 spiro atoms. The molecule has 2 aromatic carbocycles. The normalized spacial score (nSPS) is 18.4. The molecule has 1 heteroatoms. The SMILES string of the molecule is CC1(C)CCc2ccc3ccccc3c2S1. The fourth-order valence-electron chi connectivity index (χ4n) is 2.37. The van der Waals surface area contributed by atoms with E-state index in [0.29, 0.717) is 4.75 Å². The second-order valence-electron chi connectivity index (χ2n) is 5.14. The van der Waals surface area contributed by atoms with Crippen molar-refractivity contribution in [3.05, 3.63) is 42.0 Å². The van der Waals surface area contributed by atoms with E-state index in [4.69, 9.17) is 0 Å². The summed E-state index contributed by atoms with van der Waals surface area (Å²) in [6.07, 6.45) is 2.50. The van der Waals surface area contributed by atoms with E-state index < -0.39 is 0 Å². The van der Waals surface area contributed by atoms with E-state index in [1.807, 2.05) is 11.8 Å². The van der Waals surface area contributed by atoms with E-state index in [-0.39, 0.29) is 0 Å². The minimum atomic E-state index is 0.386. The van der Waals surface area contributed by atoms with Gasteiger partial charge in [-0.15, -0.1) is 11.8 Å². The minimum Gasteiger partial charge on any atom is -0.119 e. The van der Waals surface area contributed by atoms with Crippen molar-refractivity contribution < 1.29 is 0 Å². The lowest BCUT2D eigenvalue weighted by molar-refractivity contribution is 0.622. The molecule has 0 nitrogen and oxygen atoms in total. The van der Waals surface area contributed by atoms with Crippen LogP contribution in [0.5, 0.6) is 0 Å². The minimum absolute atomic E-state index is 0.386. The van der Waals surface area contributed by atoms with Gasteiger partial charge in [0.15, 0.2) is 0 Å². The second kappa shape index (κ2) is 3.53. The Kier molecular flexibility index (Phi) is 2.25. The highest BCUT2D eigenvalue weighted by Gasteiger charge is 2.26. The number of rotatable bonds is 0. The summed E-state index contributed by atoms with van der Waals surface area (Å²) in [5.74, 6) is 0. The quantitative estimate of drug-likeness (QED) is 0.632. The Morgan fingerprint density at radius 2 is 1.88 bits per heavy atom. The molecule has 0 fully saturated rings. The molecule has 0 aromatic heterocycles. The van der Waals surface area contributed by atoms with E-state index in [0.717, 1.165) is 0 Å². The number of aryl methyl sites for hydroxylation is 1. The number of thioether (sulfide) groups is 1. The van der Waals surface area contributed by atoms with Crippen LogP contribution in [0.25, 0.3) is 10.8 Å². The van der Waals surface area contributed by atoms with Crippen LogP contribution in [0.3, 0.4) is 0 Å². The van der Waals surface area contributed by atoms with Gasteiger partial charge in [-0.3, -0.25) is 0 Å². The predicted octanol–water partition coefficient (Wildman–Crippen LogP) is 4.66. The molecular weight excluding hydrogens is 212 g/mol. The Labute approximate surface area is 101 Å². The zero-order valence-corrected chi connectivity index (χ0v) is 10.6. The maximum absolute atomic E-state index is 2.35. The van der Waals surface area contributed by atoms with Crippen LogP contribution in [0, 0.1) is 0 Å². The maximum atomic E-state index is 2.35. The summed E-state index contributed by atoms with van der Waals surface area (Å²) in [6, 6.07) is 13.3. The van der Waals surface area contributed by atoms with Gasteiger partial charge in [-0.05, 0) is 29.2 Å². The molecule has 0 amide bonds. The summed E-state index contributed by atoms with van der Waals surface area (Å²) in [4.78, 5) is 1.51. The van der Waals surface area contributed by atoms with E-state index in [1.54, 1.807) is 0 Å². The summed E-state index contributed by atoms with van der Waals surface area (Å²) in [6.45, 7) is 4.70. The largest absolute Gasteiger partial charge is 0.119 e. The van der Waals surface area contributed by atoms with Crippen molar-refractivity contribution in [3.63, 3.8) is 0 Å². The van der Waals surface area contributed by atoms with Crippen LogP contribution in [0.1, 0.15) is 25.8 Å². The van der Waals surface area contributed by atoms with Gasteiger partial charge in [0.2, 0.25) is 0 Å². The van der Waals surface area contributed by atoms with Crippen molar-refractivity contribution in [1.29, 1.82) is 0 Å². The van der Waals surface area contributed by atoms with E-state index in [1.165, 1.54) is 34.1 Å². The highest BCUT2D eigenvalue weighted by molar-refractivity contribution is 8.01. The van der Waals surface area contributed by atoms with Gasteiger partial charge in [-0.25, -0.2) is 0 Å². The average molecular weight is 228 g/mol. The first-order valence-corrected chi connectivity index (χ1v) is 6.67. The predicted molar refractivity (Wildman–Crippen MR) is 72.2 cm³/mol. The molecule has 0 bridgehead atoms. The molecule has 0 N–H and O–H groups in total. The molecular formula is C15H16S. The van der Waals surface area contributed by atoms with Gasteiger partial charge in [0.05, 0.1) is 0 Å². The molecule has 16 heavy (non-hydrogen) atoms. The van der Waals surface area contributed by atoms with E-state index in [9.17, 15) is 0 Å². The first-order valence-electron chi connectivity index (χ1n) is 5.85. The third-order valence-electron chi connectivity index (χ3n) is 3.34. The van der Waals surface area contributed by atoms with Gasteiger partial charge in [0, 0.05) is 9.64 Å². The van der Waals surface area contributed by atoms with Crippen molar-refractivity contribution in [3.8, 4) is 0 Å². The van der Waals surface area contributed by atoms with Crippen molar-refractivity contribution in [2.24, 2.45) is 0 Å². The lowest BCUT2D eigenvalue weighted by Gasteiger charge is -2.31. The number of benzene rings is 2. The Morgan fingerprint density at radius 1 is 1.06 bits per heavy atom. The molecule has 0 unspecified atom stereocenters. The third kappa shape index (κ3) is 1.63. The number of hydrogen-bond donors (Lipinski definition) is 0. The summed E-state index contributed by atoms with van der Waals surface area (Å²) >= 11 is 2.04. The molecule has 0 atom stereocenters. The van der Waals surface area contributed by atoms with Crippen molar-refractivity contribution >= 4 is 22.5 Å². The fourth-order valence-corrected chi connectivity index (χ4v) is 3.72. The summed E-state index contributed by atoms with van der Waals surface area (Å²) in [5.41, 5.74) is 1.53. The lowest BCUT2D eigenvalue weighted by atomic mass is 9.98. The Bertz CT molecular complexity index is 540. The molecule has 0 aliphatic carbocycles. The monoisotopic (exact) mass is 228 g/mol. The maximum Gasteiger partial charge on any atom is 0.0188 e. The molecule has 1 aliphatic heterocycles. The van der Waals surface area contributed by atoms with Crippen LogP contribution in [-0.4, -0.2) is 4.75 Å². The molecule has 1 aliphatic rings. The van der Waals surface area contributed by atoms with Gasteiger partial charge in [0.1, 0.15) is 0 Å². The van der Waals surface area contributed by atoms with Crippen molar-refractivity contribution in [1.82, 2.24) is 0 Å². The Hall–Kier alpha value is -0.950. The van der Waals surface area contributed by atoms with Gasteiger partial charge < -0.3 is 0 Å². The first kappa shape index (κ1) is 10.2. The third-order valence-corrected chi connectivity index (χ3v) is 4.78. The highest BCUT2D eigenvalue weighted by Crippen LogP contribution is 2.45. The molecule has 1 heterocycles. The Morgan fingerprint density at radius 3 is 2.75 bits per heavy atom. The highest BCUT2D eigenvalue weighted by atomic mass is 32.2. The van der Waals surface area contributed by atoms with Crippen LogP contribution in [0.4, 0.5) is 0 Å². The Balaban J connectivity index is 2.25. The van der Waals surface area contributed by atoms with Crippen LogP contribution >= 0.6 is 11.8 Å². The molecule has 3 rings (SSSR count). The van der Waals surface area contributed by atoms with Gasteiger partial charge in [-0.2, -0.15) is 0 Å². The lowest BCUT2D eigenvalue weighted by Crippen LogP contribution is -2.20. The number of hydrogen-bond acceptors (Lipinski definition) is 1. The van der Waals surface area contributed by atoms with Crippen LogP contribution < -0.4 is 0 Å². The summed E-state index contributed by atoms with van der Waals surface area (Å²) in [7, 11) is 0. The smallest absolute Gasteiger partial charge is 0.0188 e. The van der Waals surface area contributed by atoms with Crippen LogP contribution in [0.2, 0.25) is 0 Å². The number of fused-ring (bicyclic) bond motifs is 3. The van der Waals surface area contributed by atoms with E-state index >= 15 is 0 Å². The topological polar surface area (TPSA) is 0 Å². The fraction of sp³-hybridized carbons (Fsp3) is 0.333. The van der Waals surface area contributed by atoms with Gasteiger partial charge in [-0.1, -0.05) is 50.2 Å². The standard InChI is InChI=1S/C15H16S/c1-15(2)10-9-12-8-7-11-5-3-4-6-13(11)14(12)16-15/h3-8H,9-10H2,1-2H3. The molecule has 82 valence electrons. The van der Waals surface area contributed by atoms with Gasteiger partial charge in [0.25, 0.3) is 0 Å². The molecule has 0 radical (unpaired) electrons. The first-order chi connectivity index (χ1) is 7.66. The molecule has 2 aromatic rings. The van der Waals surface area contributed by atoms with Crippen molar-refractivity contribution in [2.75, 3.05) is 0 Å². The molecule has 0 saturated heterocycles. The van der Waals surface area contributed by atoms with Crippen LogP contribution in [0.15, 0.2) is 41.3 Å². The second-order valence-corrected chi connectivity index (χ2v) is 6.85.